The van der Waals surface area contributed by atoms with Gasteiger partial charge in [-0.05, 0) is 6.07 Å². The van der Waals surface area contributed by atoms with Gasteiger partial charge in [0, 0.05) is 6.20 Å². The molecule has 7 heteroatoms. The fraction of sp³-hybridized carbons (Fsp3) is 0.167. The van der Waals surface area contributed by atoms with E-state index in [9.17, 15) is 22.0 Å². The van der Waals surface area contributed by atoms with E-state index in [2.05, 4.69) is 9.72 Å². The van der Waals surface area contributed by atoms with Crippen molar-refractivity contribution in [2.75, 3.05) is 0 Å². The maximum atomic E-state index is 12.5. The van der Waals surface area contributed by atoms with Crippen LogP contribution >= 0.6 is 0 Å². The Morgan fingerprint density at radius 2 is 1.85 bits per heavy atom. The van der Waals surface area contributed by atoms with Gasteiger partial charge in [0.1, 0.15) is 0 Å². The van der Waals surface area contributed by atoms with E-state index in [0.29, 0.717) is 12.3 Å². The predicted molar refractivity (Wildman–Crippen MR) is 30.8 cm³/mol. The maximum Gasteiger partial charge on any atom is 0.573 e. The minimum atomic E-state index is -5.13. The van der Waals surface area contributed by atoms with E-state index in [1.54, 1.807) is 0 Å². The van der Waals surface area contributed by atoms with E-state index in [4.69, 9.17) is 0 Å². The third-order valence-electron chi connectivity index (χ3n) is 1.03. The number of aromatic nitrogens is 1. The zero-order chi connectivity index (χ0) is 10.1. The van der Waals surface area contributed by atoms with Crippen molar-refractivity contribution in [3.05, 3.63) is 24.0 Å². The molecule has 13 heavy (non-hydrogen) atoms. The summed E-state index contributed by atoms with van der Waals surface area (Å²) in [7, 11) is 0. The van der Waals surface area contributed by atoms with Crippen molar-refractivity contribution in [3.8, 4) is 5.75 Å². The Kier molecular flexibility index (Phi) is 2.35. The molecule has 0 aliphatic carbocycles. The SMILES string of the molecule is Fc1ccnc(F)c1OC(F)(F)F. The minimum absolute atomic E-state index is 0.560. The lowest BCUT2D eigenvalue weighted by molar-refractivity contribution is -0.276. The lowest BCUT2D eigenvalue weighted by Crippen LogP contribution is -2.19. The van der Waals surface area contributed by atoms with E-state index < -0.39 is 23.9 Å². The summed E-state index contributed by atoms with van der Waals surface area (Å²) in [4.78, 5) is 2.79. The van der Waals surface area contributed by atoms with Gasteiger partial charge in [-0.1, -0.05) is 0 Å². The van der Waals surface area contributed by atoms with Gasteiger partial charge in [0.05, 0.1) is 0 Å². The van der Waals surface area contributed by atoms with Gasteiger partial charge in [0.15, 0.2) is 5.82 Å². The average molecular weight is 199 g/mol. The molecule has 0 saturated carbocycles. The topological polar surface area (TPSA) is 22.1 Å². The van der Waals surface area contributed by atoms with Crippen LogP contribution in [0.4, 0.5) is 22.0 Å². The van der Waals surface area contributed by atoms with Crippen molar-refractivity contribution < 1.29 is 26.7 Å². The molecule has 0 radical (unpaired) electrons. The fourth-order valence-electron chi connectivity index (χ4n) is 0.608. The average Bonchev–Trinajstić information content (AvgIpc) is 1.95. The first-order valence-electron chi connectivity index (χ1n) is 2.96. The van der Waals surface area contributed by atoms with Gasteiger partial charge in [-0.15, -0.1) is 13.2 Å². The molecule has 0 amide bonds. The molecule has 0 aliphatic heterocycles. The van der Waals surface area contributed by atoms with Crippen molar-refractivity contribution >= 4 is 0 Å². The van der Waals surface area contributed by atoms with Crippen molar-refractivity contribution in [1.82, 2.24) is 4.98 Å². The van der Waals surface area contributed by atoms with Crippen molar-refractivity contribution in [3.63, 3.8) is 0 Å². The van der Waals surface area contributed by atoms with Crippen LogP contribution in [0.1, 0.15) is 0 Å². The first-order chi connectivity index (χ1) is 5.90. The molecule has 0 bridgehead atoms. The second-order valence-corrected chi connectivity index (χ2v) is 1.96. The monoisotopic (exact) mass is 199 g/mol. The van der Waals surface area contributed by atoms with Crippen molar-refractivity contribution in [2.45, 2.75) is 6.36 Å². The smallest absolute Gasteiger partial charge is 0.398 e. The van der Waals surface area contributed by atoms with Crippen molar-refractivity contribution in [1.29, 1.82) is 0 Å². The maximum absolute atomic E-state index is 12.5. The number of hydrogen-bond acceptors (Lipinski definition) is 2. The van der Waals surface area contributed by atoms with E-state index in [1.807, 2.05) is 0 Å². The third-order valence-corrected chi connectivity index (χ3v) is 1.03. The molecule has 1 aromatic heterocycles. The molecule has 0 aromatic carbocycles. The van der Waals surface area contributed by atoms with Crippen LogP contribution in [-0.2, 0) is 0 Å². The predicted octanol–water partition coefficient (Wildman–Crippen LogP) is 2.26. The Hall–Kier alpha value is -1.40. The molecular weight excluding hydrogens is 197 g/mol. The normalized spacial score (nSPS) is 11.5. The van der Waals surface area contributed by atoms with Crippen LogP contribution < -0.4 is 4.74 Å². The van der Waals surface area contributed by atoms with Crippen LogP contribution in [0.3, 0.4) is 0 Å². The Balaban J connectivity index is 3.00. The molecule has 1 heterocycles. The Morgan fingerprint density at radius 1 is 1.23 bits per heavy atom. The molecule has 0 atom stereocenters. The van der Waals surface area contributed by atoms with Gasteiger partial charge < -0.3 is 4.74 Å². The Morgan fingerprint density at radius 3 is 2.31 bits per heavy atom. The number of nitrogens with zero attached hydrogens (tertiary/aromatic N) is 1. The Labute approximate surface area is 69.0 Å². The lowest BCUT2D eigenvalue weighted by atomic mass is 10.4. The van der Waals surface area contributed by atoms with Crippen molar-refractivity contribution in [2.24, 2.45) is 0 Å². The lowest BCUT2D eigenvalue weighted by Gasteiger charge is -2.08. The van der Waals surface area contributed by atoms with Gasteiger partial charge in [-0.3, -0.25) is 0 Å². The summed E-state index contributed by atoms with van der Waals surface area (Å²) in [6.45, 7) is 0. The van der Waals surface area contributed by atoms with Gasteiger partial charge in [0.2, 0.25) is 5.75 Å². The summed E-state index contributed by atoms with van der Waals surface area (Å²) in [5, 5.41) is 0. The second kappa shape index (κ2) is 3.15. The van der Waals surface area contributed by atoms with Crippen LogP contribution in [0, 0.1) is 11.8 Å². The highest BCUT2D eigenvalue weighted by Gasteiger charge is 2.34. The van der Waals surface area contributed by atoms with Crippen LogP contribution in [0.5, 0.6) is 5.75 Å². The first-order valence-corrected chi connectivity index (χ1v) is 2.96. The number of ether oxygens (including phenoxy) is 1. The summed E-state index contributed by atoms with van der Waals surface area (Å²) < 4.78 is 62.5. The summed E-state index contributed by atoms with van der Waals surface area (Å²) in [5.74, 6) is -4.64. The highest BCUT2D eigenvalue weighted by Crippen LogP contribution is 2.26. The molecule has 72 valence electrons. The number of halogens is 5. The molecule has 0 fully saturated rings. The highest BCUT2D eigenvalue weighted by atomic mass is 19.4. The molecule has 0 aliphatic rings. The fourth-order valence-corrected chi connectivity index (χ4v) is 0.608. The molecule has 1 rings (SSSR count). The van der Waals surface area contributed by atoms with Crippen LogP contribution in [-0.4, -0.2) is 11.3 Å². The largest absolute Gasteiger partial charge is 0.573 e. The summed E-state index contributed by atoms with van der Waals surface area (Å²) in [6, 6.07) is 0.560. The molecular formula is C6H2F5NO. The standard InChI is InChI=1S/C6H2F5NO/c7-3-1-2-12-5(8)4(3)13-6(9,10)11/h1-2H. The second-order valence-electron chi connectivity index (χ2n) is 1.96. The highest BCUT2D eigenvalue weighted by molar-refractivity contribution is 5.20. The number of rotatable bonds is 1. The Bertz CT molecular complexity index is 290. The minimum Gasteiger partial charge on any atom is -0.398 e. The number of pyridine rings is 1. The van der Waals surface area contributed by atoms with Gasteiger partial charge in [0.25, 0.3) is 5.95 Å². The number of hydrogen-bond donors (Lipinski definition) is 0. The van der Waals surface area contributed by atoms with E-state index in [-0.39, 0.29) is 0 Å². The van der Waals surface area contributed by atoms with Crippen LogP contribution in [0.2, 0.25) is 0 Å². The van der Waals surface area contributed by atoms with Crippen LogP contribution in [0.25, 0.3) is 0 Å². The third kappa shape index (κ3) is 2.53. The van der Waals surface area contributed by atoms with E-state index in [1.165, 1.54) is 0 Å². The van der Waals surface area contributed by atoms with Crippen LogP contribution in [0.15, 0.2) is 12.3 Å². The van der Waals surface area contributed by atoms with Gasteiger partial charge in [-0.25, -0.2) is 9.37 Å². The molecule has 0 unspecified atom stereocenters. The van der Waals surface area contributed by atoms with E-state index >= 15 is 0 Å². The molecule has 1 aromatic rings. The summed E-state index contributed by atoms with van der Waals surface area (Å²) >= 11 is 0. The quantitative estimate of drug-likeness (QED) is 0.511. The molecule has 0 spiro atoms. The molecule has 0 N–H and O–H groups in total. The molecule has 2 nitrogen and oxygen atoms in total. The van der Waals surface area contributed by atoms with E-state index in [0.717, 1.165) is 0 Å². The first kappa shape index (κ1) is 9.69. The zero-order valence-corrected chi connectivity index (χ0v) is 5.90. The number of alkyl halides is 3. The summed E-state index contributed by atoms with van der Waals surface area (Å²) in [6.07, 6.45) is -4.45. The zero-order valence-electron chi connectivity index (χ0n) is 5.90. The molecule has 0 saturated heterocycles. The summed E-state index contributed by atoms with van der Waals surface area (Å²) in [5.41, 5.74) is 0. The van der Waals surface area contributed by atoms with Gasteiger partial charge >= 0.3 is 6.36 Å². The van der Waals surface area contributed by atoms with Gasteiger partial charge in [-0.2, -0.15) is 4.39 Å².